The molecule has 152 valence electrons. The molecule has 30 heavy (non-hydrogen) atoms. The highest BCUT2D eigenvalue weighted by Crippen LogP contribution is 2.33. The quantitative estimate of drug-likeness (QED) is 0.468. The van der Waals surface area contributed by atoms with Crippen LogP contribution < -0.4 is 9.47 Å². The third kappa shape index (κ3) is 3.96. The van der Waals surface area contributed by atoms with Crippen molar-refractivity contribution in [1.82, 2.24) is 9.97 Å². The van der Waals surface area contributed by atoms with E-state index in [9.17, 15) is 9.18 Å². The van der Waals surface area contributed by atoms with Gasteiger partial charge in [-0.05, 0) is 54.1 Å². The third-order valence-corrected chi connectivity index (χ3v) is 4.65. The van der Waals surface area contributed by atoms with Crippen molar-refractivity contribution in [2.24, 2.45) is 0 Å². The second-order valence-electron chi connectivity index (χ2n) is 6.59. The number of hydrogen-bond acceptors (Lipinski definition) is 5. The van der Waals surface area contributed by atoms with E-state index in [-0.39, 0.29) is 12.4 Å². The highest BCUT2D eigenvalue weighted by Gasteiger charge is 2.13. The number of nitrogens with zero attached hydrogens (tertiary/aromatic N) is 1. The lowest BCUT2D eigenvalue weighted by Gasteiger charge is -2.12. The number of nitrogens with one attached hydrogen (secondary N) is 1. The van der Waals surface area contributed by atoms with Gasteiger partial charge in [0.1, 0.15) is 18.2 Å². The van der Waals surface area contributed by atoms with E-state index in [4.69, 9.17) is 14.2 Å². The van der Waals surface area contributed by atoms with E-state index in [2.05, 4.69) is 9.97 Å². The average molecular weight is 406 g/mol. The molecule has 6 nitrogen and oxygen atoms in total. The zero-order chi connectivity index (χ0) is 21.1. The Morgan fingerprint density at radius 2 is 1.80 bits per heavy atom. The van der Waals surface area contributed by atoms with Crippen molar-refractivity contribution < 1.29 is 23.4 Å². The van der Waals surface area contributed by atoms with Crippen molar-refractivity contribution in [1.29, 1.82) is 0 Å². The van der Waals surface area contributed by atoms with Gasteiger partial charge in [0.05, 0.1) is 30.8 Å². The maximum Gasteiger partial charge on any atom is 0.337 e. The van der Waals surface area contributed by atoms with Gasteiger partial charge in [0.25, 0.3) is 0 Å². The molecule has 0 spiro atoms. The van der Waals surface area contributed by atoms with Crippen LogP contribution in [0.15, 0.2) is 60.7 Å². The molecule has 0 saturated carbocycles. The van der Waals surface area contributed by atoms with Gasteiger partial charge in [-0.1, -0.05) is 12.1 Å². The van der Waals surface area contributed by atoms with Gasteiger partial charge >= 0.3 is 5.97 Å². The summed E-state index contributed by atoms with van der Waals surface area (Å²) in [6.07, 6.45) is 0. The topological polar surface area (TPSA) is 73.4 Å². The normalized spacial score (nSPS) is 10.8. The molecule has 0 bridgehead atoms. The van der Waals surface area contributed by atoms with Crippen LogP contribution in [-0.4, -0.2) is 30.2 Å². The van der Waals surface area contributed by atoms with Gasteiger partial charge in [0.2, 0.25) is 0 Å². The number of esters is 1. The number of ether oxygens (including phenoxy) is 3. The molecule has 4 aromatic rings. The van der Waals surface area contributed by atoms with Crippen LogP contribution in [0.3, 0.4) is 0 Å². The van der Waals surface area contributed by atoms with Gasteiger partial charge in [-0.3, -0.25) is 0 Å². The van der Waals surface area contributed by atoms with Crippen LogP contribution in [0.25, 0.3) is 22.4 Å². The summed E-state index contributed by atoms with van der Waals surface area (Å²) < 4.78 is 29.1. The first-order valence-electron chi connectivity index (χ1n) is 9.21. The Morgan fingerprint density at radius 1 is 1.00 bits per heavy atom. The molecule has 1 aromatic heterocycles. The molecule has 7 heteroatoms. The highest BCUT2D eigenvalue weighted by molar-refractivity contribution is 5.94. The minimum absolute atomic E-state index is 0.287. The van der Waals surface area contributed by atoms with Crippen molar-refractivity contribution in [3.8, 4) is 22.9 Å². The van der Waals surface area contributed by atoms with E-state index in [1.54, 1.807) is 43.5 Å². The van der Waals surface area contributed by atoms with Gasteiger partial charge in [-0.25, -0.2) is 14.2 Å². The SMILES string of the molecule is COC(=O)c1ccc2nc(-c3ccc(OCc4ccc(F)cc4)c(OC)c3)[nH]c2c1. The molecule has 0 unspecified atom stereocenters. The predicted octanol–water partition coefficient (Wildman–Crippen LogP) is 4.74. The molecule has 0 aliphatic carbocycles. The summed E-state index contributed by atoms with van der Waals surface area (Å²) in [5.74, 6) is 1.05. The van der Waals surface area contributed by atoms with Crippen LogP contribution in [0.2, 0.25) is 0 Å². The fraction of sp³-hybridized carbons (Fsp3) is 0.130. The van der Waals surface area contributed by atoms with E-state index in [0.717, 1.165) is 22.2 Å². The Hall–Kier alpha value is -3.87. The summed E-state index contributed by atoms with van der Waals surface area (Å²) in [6, 6.07) is 16.8. The lowest BCUT2D eigenvalue weighted by Crippen LogP contribution is -2.00. The fourth-order valence-corrected chi connectivity index (χ4v) is 3.07. The lowest BCUT2D eigenvalue weighted by atomic mass is 10.2. The summed E-state index contributed by atoms with van der Waals surface area (Å²) in [4.78, 5) is 19.5. The molecule has 1 heterocycles. The molecule has 3 aromatic carbocycles. The lowest BCUT2D eigenvalue weighted by molar-refractivity contribution is 0.0601. The van der Waals surface area contributed by atoms with Gasteiger partial charge in [0, 0.05) is 5.56 Å². The van der Waals surface area contributed by atoms with Crippen LogP contribution >= 0.6 is 0 Å². The van der Waals surface area contributed by atoms with Crippen LogP contribution in [0, 0.1) is 5.82 Å². The zero-order valence-corrected chi connectivity index (χ0v) is 16.4. The first-order chi connectivity index (χ1) is 14.6. The second-order valence-corrected chi connectivity index (χ2v) is 6.59. The monoisotopic (exact) mass is 406 g/mol. The molecule has 0 amide bonds. The Labute approximate surface area is 172 Å². The summed E-state index contributed by atoms with van der Waals surface area (Å²) in [6.45, 7) is 0.289. The maximum atomic E-state index is 13.0. The first-order valence-corrected chi connectivity index (χ1v) is 9.21. The number of fused-ring (bicyclic) bond motifs is 1. The zero-order valence-electron chi connectivity index (χ0n) is 16.4. The van der Waals surface area contributed by atoms with Crippen LogP contribution in [-0.2, 0) is 11.3 Å². The van der Waals surface area contributed by atoms with E-state index < -0.39 is 5.97 Å². The van der Waals surface area contributed by atoms with Gasteiger partial charge in [0.15, 0.2) is 11.5 Å². The molecule has 0 aliphatic rings. The third-order valence-electron chi connectivity index (χ3n) is 4.65. The number of carbonyl (C=O) groups excluding carboxylic acids is 1. The number of halogens is 1. The fourth-order valence-electron chi connectivity index (χ4n) is 3.07. The Balaban J connectivity index is 1.58. The summed E-state index contributed by atoms with van der Waals surface area (Å²) in [5, 5.41) is 0. The predicted molar refractivity (Wildman–Crippen MR) is 110 cm³/mol. The van der Waals surface area contributed by atoms with E-state index in [0.29, 0.717) is 22.9 Å². The maximum absolute atomic E-state index is 13.0. The molecule has 0 aliphatic heterocycles. The van der Waals surface area contributed by atoms with Crippen molar-refractivity contribution in [3.05, 3.63) is 77.6 Å². The standard InChI is InChI=1S/C23H19FN2O4/c1-28-21-12-15(6-10-20(21)30-13-14-3-7-17(24)8-4-14)22-25-18-9-5-16(23(27)29-2)11-19(18)26-22/h3-12H,13H2,1-2H3,(H,25,26). The molecule has 0 fully saturated rings. The summed E-state index contributed by atoms with van der Waals surface area (Å²) in [5.41, 5.74) is 3.55. The van der Waals surface area contributed by atoms with Crippen molar-refractivity contribution in [2.45, 2.75) is 6.61 Å². The summed E-state index contributed by atoms with van der Waals surface area (Å²) >= 11 is 0. The van der Waals surface area contributed by atoms with Gasteiger partial charge in [-0.15, -0.1) is 0 Å². The number of methoxy groups -OCH3 is 2. The molecular weight excluding hydrogens is 387 g/mol. The Kier molecular flexibility index (Phi) is 5.34. The highest BCUT2D eigenvalue weighted by atomic mass is 19.1. The Morgan fingerprint density at radius 3 is 2.53 bits per heavy atom. The number of rotatable bonds is 6. The van der Waals surface area contributed by atoms with E-state index in [1.165, 1.54) is 19.2 Å². The van der Waals surface area contributed by atoms with Gasteiger partial charge in [-0.2, -0.15) is 0 Å². The second kappa shape index (κ2) is 8.24. The largest absolute Gasteiger partial charge is 0.493 e. The number of imidazole rings is 1. The number of aromatic nitrogens is 2. The van der Waals surface area contributed by atoms with E-state index >= 15 is 0 Å². The molecular formula is C23H19FN2O4. The molecule has 0 atom stereocenters. The van der Waals surface area contributed by atoms with E-state index in [1.807, 2.05) is 12.1 Å². The van der Waals surface area contributed by atoms with Crippen molar-refractivity contribution in [3.63, 3.8) is 0 Å². The number of benzene rings is 3. The van der Waals surface area contributed by atoms with Crippen LogP contribution in [0.1, 0.15) is 15.9 Å². The Bertz CT molecular complexity index is 1200. The smallest absolute Gasteiger partial charge is 0.337 e. The number of hydrogen-bond donors (Lipinski definition) is 1. The van der Waals surface area contributed by atoms with Crippen LogP contribution in [0.5, 0.6) is 11.5 Å². The molecule has 0 saturated heterocycles. The first kappa shape index (κ1) is 19.4. The van der Waals surface area contributed by atoms with Crippen molar-refractivity contribution >= 4 is 17.0 Å². The number of H-pyrrole nitrogens is 1. The molecule has 4 rings (SSSR count). The average Bonchev–Trinajstić information content (AvgIpc) is 3.21. The minimum atomic E-state index is -0.405. The summed E-state index contributed by atoms with van der Waals surface area (Å²) in [7, 11) is 2.90. The molecule has 1 N–H and O–H groups in total. The minimum Gasteiger partial charge on any atom is -0.493 e. The van der Waals surface area contributed by atoms with Gasteiger partial charge < -0.3 is 19.2 Å². The number of carbonyl (C=O) groups is 1. The molecule has 0 radical (unpaired) electrons. The number of aromatic amines is 1. The van der Waals surface area contributed by atoms with Crippen molar-refractivity contribution in [2.75, 3.05) is 14.2 Å². The van der Waals surface area contributed by atoms with Crippen LogP contribution in [0.4, 0.5) is 4.39 Å².